The number of nitrogens with zero attached hydrogens (tertiary/aromatic N) is 2. The molecular formula is C11H10N2O3. The van der Waals surface area contributed by atoms with Gasteiger partial charge in [-0.15, -0.1) is 0 Å². The number of para-hydroxylation sites is 1. The van der Waals surface area contributed by atoms with Crippen molar-refractivity contribution in [1.29, 1.82) is 0 Å². The van der Waals surface area contributed by atoms with E-state index in [1.807, 2.05) is 13.0 Å². The van der Waals surface area contributed by atoms with Crippen LogP contribution in [0.4, 0.5) is 0 Å². The number of aldehydes is 1. The maximum Gasteiger partial charge on any atom is 0.213 e. The van der Waals surface area contributed by atoms with Gasteiger partial charge in [-0.1, -0.05) is 17.3 Å². The molecule has 1 heterocycles. The zero-order valence-electron chi connectivity index (χ0n) is 8.71. The molecule has 0 atom stereocenters. The van der Waals surface area contributed by atoms with Gasteiger partial charge in [0.2, 0.25) is 12.2 Å². The van der Waals surface area contributed by atoms with Crippen LogP contribution in [0, 0.1) is 6.92 Å². The van der Waals surface area contributed by atoms with Gasteiger partial charge in [-0.3, -0.25) is 4.79 Å². The number of rotatable bonds is 4. The molecular weight excluding hydrogens is 208 g/mol. The number of hydrogen-bond acceptors (Lipinski definition) is 5. The van der Waals surface area contributed by atoms with Crippen LogP contribution in [0.1, 0.15) is 21.7 Å². The molecule has 0 bridgehead atoms. The summed E-state index contributed by atoms with van der Waals surface area (Å²) in [6, 6.07) is 5.38. The van der Waals surface area contributed by atoms with E-state index in [-0.39, 0.29) is 6.61 Å². The van der Waals surface area contributed by atoms with E-state index >= 15 is 0 Å². The molecule has 0 saturated heterocycles. The number of aromatic nitrogens is 2. The molecule has 0 saturated carbocycles. The molecule has 0 spiro atoms. The molecule has 0 N–H and O–H groups in total. The molecule has 0 fully saturated rings. The van der Waals surface area contributed by atoms with Crippen molar-refractivity contribution in [3.8, 4) is 5.75 Å². The number of carbonyl (C=O) groups is 1. The van der Waals surface area contributed by atoms with E-state index in [4.69, 9.17) is 4.74 Å². The quantitative estimate of drug-likeness (QED) is 0.731. The standard InChI is InChI=1S/C11H10N2O3/c1-8-3-2-4-9(5-14)11(8)15-6-10-12-7-16-13-10/h2-5,7H,6H2,1H3. The molecule has 0 amide bonds. The van der Waals surface area contributed by atoms with E-state index < -0.39 is 0 Å². The summed E-state index contributed by atoms with van der Waals surface area (Å²) in [5.41, 5.74) is 1.41. The Morgan fingerprint density at radius 1 is 1.50 bits per heavy atom. The van der Waals surface area contributed by atoms with Crippen LogP contribution in [-0.4, -0.2) is 16.4 Å². The molecule has 0 radical (unpaired) electrons. The van der Waals surface area contributed by atoms with E-state index in [1.165, 1.54) is 6.39 Å². The fourth-order valence-corrected chi connectivity index (χ4v) is 1.36. The Hall–Kier alpha value is -2.17. The SMILES string of the molecule is Cc1cccc(C=O)c1OCc1ncon1. The lowest BCUT2D eigenvalue weighted by Gasteiger charge is -2.08. The fourth-order valence-electron chi connectivity index (χ4n) is 1.36. The van der Waals surface area contributed by atoms with E-state index in [2.05, 4.69) is 14.7 Å². The molecule has 1 aromatic carbocycles. The molecule has 16 heavy (non-hydrogen) atoms. The third-order valence-corrected chi connectivity index (χ3v) is 2.12. The van der Waals surface area contributed by atoms with Crippen molar-refractivity contribution in [3.05, 3.63) is 41.5 Å². The second-order valence-corrected chi connectivity index (χ2v) is 3.25. The van der Waals surface area contributed by atoms with Gasteiger partial charge in [-0.05, 0) is 18.6 Å². The van der Waals surface area contributed by atoms with Crippen molar-refractivity contribution in [1.82, 2.24) is 10.1 Å². The predicted octanol–water partition coefficient (Wildman–Crippen LogP) is 1.77. The van der Waals surface area contributed by atoms with Gasteiger partial charge in [-0.2, -0.15) is 4.98 Å². The summed E-state index contributed by atoms with van der Waals surface area (Å²) in [5, 5.41) is 3.62. The Morgan fingerprint density at radius 2 is 2.38 bits per heavy atom. The highest BCUT2D eigenvalue weighted by Gasteiger charge is 2.07. The van der Waals surface area contributed by atoms with E-state index in [9.17, 15) is 4.79 Å². The van der Waals surface area contributed by atoms with Crippen molar-refractivity contribution < 1.29 is 14.1 Å². The second kappa shape index (κ2) is 4.57. The highest BCUT2D eigenvalue weighted by atomic mass is 16.5. The minimum Gasteiger partial charge on any atom is -0.484 e. The van der Waals surface area contributed by atoms with Crippen LogP contribution in [0.5, 0.6) is 5.75 Å². The lowest BCUT2D eigenvalue weighted by molar-refractivity contribution is 0.111. The third kappa shape index (κ3) is 2.08. The van der Waals surface area contributed by atoms with Gasteiger partial charge in [-0.25, -0.2) is 0 Å². The number of benzene rings is 1. The average Bonchev–Trinajstić information content (AvgIpc) is 2.80. The van der Waals surface area contributed by atoms with Crippen LogP contribution in [0.25, 0.3) is 0 Å². The molecule has 2 aromatic rings. The van der Waals surface area contributed by atoms with Crippen molar-refractivity contribution >= 4 is 6.29 Å². The first-order valence-electron chi connectivity index (χ1n) is 4.74. The first kappa shape index (κ1) is 10.4. The van der Waals surface area contributed by atoms with Gasteiger partial charge in [0, 0.05) is 0 Å². The molecule has 2 rings (SSSR count). The minimum absolute atomic E-state index is 0.183. The molecule has 0 aliphatic heterocycles. The molecule has 0 aliphatic rings. The summed E-state index contributed by atoms with van der Waals surface area (Å²) in [5.74, 6) is 1.00. The Balaban J connectivity index is 2.17. The number of carbonyl (C=O) groups excluding carboxylic acids is 1. The summed E-state index contributed by atoms with van der Waals surface area (Å²) >= 11 is 0. The average molecular weight is 218 g/mol. The van der Waals surface area contributed by atoms with Crippen LogP contribution in [0.2, 0.25) is 0 Å². The van der Waals surface area contributed by atoms with E-state index in [0.717, 1.165) is 11.8 Å². The van der Waals surface area contributed by atoms with Crippen LogP contribution in [0.3, 0.4) is 0 Å². The summed E-state index contributed by atoms with van der Waals surface area (Å²) in [6.45, 7) is 2.06. The molecule has 1 aromatic heterocycles. The zero-order valence-corrected chi connectivity index (χ0v) is 8.71. The molecule has 82 valence electrons. The first-order chi connectivity index (χ1) is 7.81. The summed E-state index contributed by atoms with van der Waals surface area (Å²) < 4.78 is 10.1. The van der Waals surface area contributed by atoms with Gasteiger partial charge in [0.25, 0.3) is 0 Å². The molecule has 5 heteroatoms. The van der Waals surface area contributed by atoms with Gasteiger partial charge in [0.05, 0.1) is 5.56 Å². The van der Waals surface area contributed by atoms with Crippen LogP contribution >= 0.6 is 0 Å². The summed E-state index contributed by atoms with van der Waals surface area (Å²) in [4.78, 5) is 14.6. The van der Waals surface area contributed by atoms with Crippen LogP contribution in [0.15, 0.2) is 29.1 Å². The topological polar surface area (TPSA) is 65.2 Å². The molecule has 0 unspecified atom stereocenters. The van der Waals surface area contributed by atoms with Crippen LogP contribution in [-0.2, 0) is 6.61 Å². The Morgan fingerprint density at radius 3 is 3.06 bits per heavy atom. The van der Waals surface area contributed by atoms with Crippen molar-refractivity contribution in [2.45, 2.75) is 13.5 Å². The van der Waals surface area contributed by atoms with Gasteiger partial charge in [0.15, 0.2) is 12.9 Å². The van der Waals surface area contributed by atoms with Crippen molar-refractivity contribution in [2.24, 2.45) is 0 Å². The highest BCUT2D eigenvalue weighted by molar-refractivity contribution is 5.80. The lowest BCUT2D eigenvalue weighted by atomic mass is 10.1. The summed E-state index contributed by atoms with van der Waals surface area (Å²) in [6.07, 6.45) is 2.00. The Labute approximate surface area is 92.0 Å². The van der Waals surface area contributed by atoms with Crippen LogP contribution < -0.4 is 4.74 Å². The predicted molar refractivity (Wildman–Crippen MR) is 55.2 cm³/mol. The van der Waals surface area contributed by atoms with Gasteiger partial charge < -0.3 is 9.26 Å². The molecule has 0 aliphatic carbocycles. The second-order valence-electron chi connectivity index (χ2n) is 3.25. The maximum atomic E-state index is 10.8. The normalized spacial score (nSPS) is 10.1. The summed E-state index contributed by atoms with van der Waals surface area (Å²) in [7, 11) is 0. The largest absolute Gasteiger partial charge is 0.484 e. The monoisotopic (exact) mass is 218 g/mol. The number of hydrogen-bond donors (Lipinski definition) is 0. The van der Waals surface area contributed by atoms with Gasteiger partial charge >= 0.3 is 0 Å². The van der Waals surface area contributed by atoms with Gasteiger partial charge in [0.1, 0.15) is 5.75 Å². The zero-order chi connectivity index (χ0) is 11.4. The Bertz CT molecular complexity index is 480. The maximum absolute atomic E-state index is 10.8. The van der Waals surface area contributed by atoms with Crippen molar-refractivity contribution in [2.75, 3.05) is 0 Å². The van der Waals surface area contributed by atoms with E-state index in [1.54, 1.807) is 12.1 Å². The fraction of sp³-hybridized carbons (Fsp3) is 0.182. The minimum atomic E-state index is 0.183. The number of ether oxygens (including phenoxy) is 1. The first-order valence-corrected chi connectivity index (χ1v) is 4.74. The number of aryl methyl sites for hydroxylation is 1. The lowest BCUT2D eigenvalue weighted by Crippen LogP contribution is -2.01. The third-order valence-electron chi connectivity index (χ3n) is 2.12. The van der Waals surface area contributed by atoms with Crippen molar-refractivity contribution in [3.63, 3.8) is 0 Å². The van der Waals surface area contributed by atoms with E-state index in [0.29, 0.717) is 17.1 Å². The smallest absolute Gasteiger partial charge is 0.213 e. The molecule has 5 nitrogen and oxygen atoms in total. The Kier molecular flexibility index (Phi) is 2.95. The highest BCUT2D eigenvalue weighted by Crippen LogP contribution is 2.22.